The Labute approximate surface area is 226 Å². The lowest BCUT2D eigenvalue weighted by atomic mass is 9.86. The van der Waals surface area contributed by atoms with E-state index in [-0.39, 0.29) is 30.9 Å². The zero-order chi connectivity index (χ0) is 27.2. The minimum atomic E-state index is -1.57. The number of nitrogen functional groups attached to an aromatic ring is 1. The molecule has 0 unspecified atom stereocenters. The number of carbonyl (C=O) groups excluding carboxylic acids is 1. The Kier molecular flexibility index (Phi) is 8.93. The first-order valence-electron chi connectivity index (χ1n) is 12.2. The van der Waals surface area contributed by atoms with Crippen molar-refractivity contribution in [3.63, 3.8) is 0 Å². The van der Waals surface area contributed by atoms with E-state index in [2.05, 4.69) is 26.2 Å². The quantitative estimate of drug-likeness (QED) is 0.167. The van der Waals surface area contributed by atoms with Gasteiger partial charge >= 0.3 is 0 Å². The third kappa shape index (κ3) is 6.86. The Morgan fingerprint density at radius 1 is 1.08 bits per heavy atom. The fourth-order valence-corrected chi connectivity index (χ4v) is 4.68. The zero-order valence-corrected chi connectivity index (χ0v) is 22.0. The number of carbonyl (C=O) groups is 1. The van der Waals surface area contributed by atoms with Crippen LogP contribution in [0.3, 0.4) is 0 Å². The summed E-state index contributed by atoms with van der Waals surface area (Å²) >= 11 is 3.38. The molecular weight excluding hydrogens is 563 g/mol. The molecule has 0 atom stereocenters. The molecule has 200 valence electrons. The van der Waals surface area contributed by atoms with Gasteiger partial charge in [0, 0.05) is 34.5 Å². The van der Waals surface area contributed by atoms with Crippen LogP contribution in [0.4, 0.5) is 18.9 Å². The van der Waals surface area contributed by atoms with Crippen molar-refractivity contribution in [3.05, 3.63) is 87.1 Å². The Bertz CT molecular complexity index is 1330. The lowest BCUT2D eigenvalue weighted by Gasteiger charge is -2.26. The highest BCUT2D eigenvalue weighted by Gasteiger charge is 2.26. The molecule has 1 aliphatic carbocycles. The van der Waals surface area contributed by atoms with Gasteiger partial charge in [-0.15, -0.1) is 0 Å². The predicted molar refractivity (Wildman–Crippen MR) is 143 cm³/mol. The molecule has 0 aliphatic heterocycles. The van der Waals surface area contributed by atoms with Crippen LogP contribution in [-0.2, 0) is 6.61 Å². The van der Waals surface area contributed by atoms with E-state index in [1.54, 1.807) is 6.21 Å². The van der Waals surface area contributed by atoms with Crippen LogP contribution in [0.1, 0.15) is 47.2 Å². The van der Waals surface area contributed by atoms with Gasteiger partial charge in [-0.1, -0.05) is 34.1 Å². The van der Waals surface area contributed by atoms with E-state index in [4.69, 9.17) is 10.5 Å². The second kappa shape index (κ2) is 12.3. The van der Waals surface area contributed by atoms with Gasteiger partial charge in [0.1, 0.15) is 12.4 Å². The molecule has 4 rings (SSSR count). The van der Waals surface area contributed by atoms with Crippen LogP contribution in [0.15, 0.2) is 58.0 Å². The van der Waals surface area contributed by atoms with Gasteiger partial charge in [0.25, 0.3) is 5.91 Å². The van der Waals surface area contributed by atoms with E-state index in [9.17, 15) is 23.1 Å². The normalized spacial score (nSPS) is 17.5. The van der Waals surface area contributed by atoms with E-state index in [1.807, 2.05) is 18.2 Å². The number of phenolic OH excluding ortho intramolecular Hbond substituents is 1. The summed E-state index contributed by atoms with van der Waals surface area (Å²) in [6.45, 7) is 0.0129. The maximum absolute atomic E-state index is 14.6. The number of aliphatic imine (C=N–C) groups is 1. The van der Waals surface area contributed by atoms with Gasteiger partial charge < -0.3 is 20.9 Å². The van der Waals surface area contributed by atoms with Crippen LogP contribution >= 0.6 is 15.9 Å². The summed E-state index contributed by atoms with van der Waals surface area (Å²) < 4.78 is 49.7. The summed E-state index contributed by atoms with van der Waals surface area (Å²) in [4.78, 5) is 17.2. The highest BCUT2D eigenvalue weighted by Crippen LogP contribution is 2.29. The van der Waals surface area contributed by atoms with E-state index >= 15 is 0 Å². The van der Waals surface area contributed by atoms with Gasteiger partial charge in [-0.25, -0.2) is 8.78 Å². The average molecular weight is 590 g/mol. The van der Waals surface area contributed by atoms with Crippen LogP contribution in [0, 0.1) is 23.4 Å². The van der Waals surface area contributed by atoms with Crippen molar-refractivity contribution in [1.82, 2.24) is 5.32 Å². The van der Waals surface area contributed by atoms with Gasteiger partial charge in [-0.05, 0) is 67.5 Å². The number of aromatic hydroxyl groups is 1. The molecule has 4 N–H and O–H groups in total. The molecule has 1 fully saturated rings. The van der Waals surface area contributed by atoms with Crippen LogP contribution in [-0.4, -0.2) is 29.8 Å². The predicted octanol–water partition coefficient (Wildman–Crippen LogP) is 6.14. The molecule has 0 spiro atoms. The molecule has 10 heteroatoms. The smallest absolute Gasteiger partial charge is 0.254 e. The Morgan fingerprint density at radius 3 is 2.47 bits per heavy atom. The lowest BCUT2D eigenvalue weighted by Crippen LogP contribution is -2.32. The molecule has 0 aromatic heterocycles. The first kappa shape index (κ1) is 27.5. The van der Waals surface area contributed by atoms with Crippen LogP contribution < -0.4 is 15.8 Å². The van der Waals surface area contributed by atoms with Crippen molar-refractivity contribution in [3.8, 4) is 11.5 Å². The Hall–Kier alpha value is -3.53. The number of amides is 1. The van der Waals surface area contributed by atoms with Gasteiger partial charge in [0.05, 0.1) is 5.56 Å². The number of halogens is 4. The number of phenols is 1. The van der Waals surface area contributed by atoms with Gasteiger partial charge in [0.2, 0.25) is 5.82 Å². The highest BCUT2D eigenvalue weighted by atomic mass is 79.9. The molecular formula is C28H27BrF3N3O3. The summed E-state index contributed by atoms with van der Waals surface area (Å²) in [7, 11) is 0. The molecule has 0 heterocycles. The number of hydrogen-bond donors (Lipinski definition) is 3. The number of benzene rings is 3. The number of nitrogens with one attached hydrogen (secondary N) is 1. The van der Waals surface area contributed by atoms with Gasteiger partial charge in [0.15, 0.2) is 17.4 Å². The fraction of sp³-hybridized carbons (Fsp3) is 0.286. The van der Waals surface area contributed by atoms with Gasteiger partial charge in [-0.2, -0.15) is 4.39 Å². The average Bonchev–Trinajstić information content (AvgIpc) is 2.90. The summed E-state index contributed by atoms with van der Waals surface area (Å²) in [5, 5.41) is 11.9. The van der Waals surface area contributed by atoms with Crippen molar-refractivity contribution in [1.29, 1.82) is 0 Å². The second-order valence-electron chi connectivity index (χ2n) is 9.25. The summed E-state index contributed by atoms with van der Waals surface area (Å²) in [5.41, 5.74) is 7.29. The lowest BCUT2D eigenvalue weighted by molar-refractivity contribution is 0.0937. The van der Waals surface area contributed by atoms with E-state index in [1.165, 1.54) is 24.3 Å². The zero-order valence-electron chi connectivity index (χ0n) is 20.4. The SMILES string of the molecule is Nc1cc(Br)ccc1C=NC1CCC(CNC(=O)c2cc(F)c(OCc3ccc(O)cc3)c(F)c2F)CC1. The minimum absolute atomic E-state index is 0.0244. The fourth-order valence-electron chi connectivity index (χ4n) is 4.30. The first-order valence-corrected chi connectivity index (χ1v) is 12.9. The van der Waals surface area contributed by atoms with Crippen molar-refractivity contribution < 1.29 is 27.8 Å². The number of nitrogens with two attached hydrogens (primary N) is 1. The molecule has 1 amide bonds. The minimum Gasteiger partial charge on any atom is -0.508 e. The van der Waals surface area contributed by atoms with E-state index in [0.717, 1.165) is 35.7 Å². The molecule has 0 saturated heterocycles. The Balaban J connectivity index is 1.29. The summed E-state index contributed by atoms with van der Waals surface area (Å²) in [6, 6.07) is 12.2. The van der Waals surface area contributed by atoms with Crippen molar-refractivity contribution in [2.24, 2.45) is 10.9 Å². The first-order chi connectivity index (χ1) is 18.2. The number of anilines is 1. The van der Waals surface area contributed by atoms with Crippen LogP contribution in [0.5, 0.6) is 11.5 Å². The third-order valence-electron chi connectivity index (χ3n) is 6.52. The third-order valence-corrected chi connectivity index (χ3v) is 7.01. The molecule has 0 radical (unpaired) electrons. The Morgan fingerprint density at radius 2 is 1.79 bits per heavy atom. The molecule has 3 aromatic carbocycles. The summed E-state index contributed by atoms with van der Waals surface area (Å²) in [5.74, 6) is -5.86. The maximum atomic E-state index is 14.6. The van der Waals surface area contributed by atoms with Crippen LogP contribution in [0.25, 0.3) is 0 Å². The largest absolute Gasteiger partial charge is 0.508 e. The van der Waals surface area contributed by atoms with Crippen LogP contribution in [0.2, 0.25) is 0 Å². The summed E-state index contributed by atoms with van der Waals surface area (Å²) in [6.07, 6.45) is 5.01. The number of nitrogens with zero attached hydrogens (tertiary/aromatic N) is 1. The van der Waals surface area contributed by atoms with Crippen molar-refractivity contribution >= 4 is 33.7 Å². The molecule has 0 bridgehead atoms. The second-order valence-corrected chi connectivity index (χ2v) is 10.2. The molecule has 6 nitrogen and oxygen atoms in total. The number of rotatable bonds is 8. The van der Waals surface area contributed by atoms with Gasteiger partial charge in [-0.3, -0.25) is 9.79 Å². The maximum Gasteiger partial charge on any atom is 0.254 e. The molecule has 38 heavy (non-hydrogen) atoms. The number of hydrogen-bond acceptors (Lipinski definition) is 5. The molecule has 1 saturated carbocycles. The van der Waals surface area contributed by atoms with Crippen molar-refractivity contribution in [2.45, 2.75) is 38.3 Å². The van der Waals surface area contributed by atoms with E-state index < -0.39 is 34.7 Å². The molecule has 1 aliphatic rings. The highest BCUT2D eigenvalue weighted by molar-refractivity contribution is 9.10. The standard InChI is InChI=1S/C28H27BrF3N3O3/c29-19-6-5-18(24(33)11-19)14-34-20-7-1-16(2-8-20)13-35-28(37)22-12-23(30)27(26(32)25(22)31)38-15-17-3-9-21(36)10-4-17/h3-6,9-12,14,16,20,36H,1-2,7-8,13,15,33H2,(H,35,37). The molecule has 3 aromatic rings. The number of ether oxygens (including phenoxy) is 1. The topological polar surface area (TPSA) is 96.9 Å². The van der Waals surface area contributed by atoms with Crippen molar-refractivity contribution in [2.75, 3.05) is 12.3 Å². The van der Waals surface area contributed by atoms with E-state index in [0.29, 0.717) is 17.3 Å². The monoisotopic (exact) mass is 589 g/mol.